The summed E-state index contributed by atoms with van der Waals surface area (Å²) < 4.78 is 12.8. The Morgan fingerprint density at radius 2 is 1.86 bits per heavy atom. The van der Waals surface area contributed by atoms with Gasteiger partial charge >= 0.3 is 0 Å². The molecule has 0 amide bonds. The van der Waals surface area contributed by atoms with Crippen LogP contribution in [-0.2, 0) is 0 Å². The molecule has 0 unspecified atom stereocenters. The SMILES string of the molecule is Cc1ccc(NC(=S)Nc2ccc(F)cc2)c([N+](=O)[O-])c1. The van der Waals surface area contributed by atoms with Crippen molar-refractivity contribution >= 4 is 34.4 Å². The van der Waals surface area contributed by atoms with Gasteiger partial charge in [-0.25, -0.2) is 4.39 Å². The maximum atomic E-state index is 12.8. The Balaban J connectivity index is 2.12. The first-order valence-electron chi connectivity index (χ1n) is 6.04. The topological polar surface area (TPSA) is 67.2 Å². The highest BCUT2D eigenvalue weighted by molar-refractivity contribution is 7.80. The van der Waals surface area contributed by atoms with Gasteiger partial charge in [-0.15, -0.1) is 0 Å². The Morgan fingerprint density at radius 3 is 2.48 bits per heavy atom. The average Bonchev–Trinajstić information content (AvgIpc) is 2.43. The molecule has 2 aromatic rings. The van der Waals surface area contributed by atoms with Crippen molar-refractivity contribution in [2.45, 2.75) is 6.92 Å². The molecular weight excluding hydrogens is 293 g/mol. The molecule has 0 radical (unpaired) electrons. The summed E-state index contributed by atoms with van der Waals surface area (Å²) in [5.41, 5.74) is 1.61. The van der Waals surface area contributed by atoms with Crippen LogP contribution in [0.1, 0.15) is 5.56 Å². The summed E-state index contributed by atoms with van der Waals surface area (Å²) >= 11 is 5.09. The van der Waals surface area contributed by atoms with Gasteiger partial charge in [0, 0.05) is 11.8 Å². The first kappa shape index (κ1) is 14.9. The molecule has 0 aromatic heterocycles. The van der Waals surface area contributed by atoms with E-state index in [4.69, 9.17) is 12.2 Å². The highest BCUT2D eigenvalue weighted by Gasteiger charge is 2.14. The number of rotatable bonds is 3. The summed E-state index contributed by atoms with van der Waals surface area (Å²) in [7, 11) is 0. The lowest BCUT2D eigenvalue weighted by atomic mass is 10.2. The van der Waals surface area contributed by atoms with Crippen molar-refractivity contribution in [1.29, 1.82) is 0 Å². The van der Waals surface area contributed by atoms with E-state index in [2.05, 4.69) is 10.6 Å². The van der Waals surface area contributed by atoms with Crippen LogP contribution in [-0.4, -0.2) is 10.0 Å². The molecule has 5 nitrogen and oxygen atoms in total. The van der Waals surface area contributed by atoms with Crippen molar-refractivity contribution in [3.8, 4) is 0 Å². The summed E-state index contributed by atoms with van der Waals surface area (Å²) in [6, 6.07) is 10.4. The standard InChI is InChI=1S/C14H12FN3O2S/c1-9-2-7-12(13(8-9)18(19)20)17-14(21)16-11-5-3-10(15)4-6-11/h2-8H,1H3,(H2,16,17,21). The van der Waals surface area contributed by atoms with Gasteiger partial charge in [0.05, 0.1) is 4.92 Å². The highest BCUT2D eigenvalue weighted by atomic mass is 32.1. The maximum Gasteiger partial charge on any atom is 0.292 e. The van der Waals surface area contributed by atoms with Crippen LogP contribution in [0.3, 0.4) is 0 Å². The maximum absolute atomic E-state index is 12.8. The van der Waals surface area contributed by atoms with E-state index < -0.39 is 4.92 Å². The lowest BCUT2D eigenvalue weighted by Gasteiger charge is -2.11. The quantitative estimate of drug-likeness (QED) is 0.512. The zero-order chi connectivity index (χ0) is 15.4. The molecule has 0 bridgehead atoms. The first-order valence-corrected chi connectivity index (χ1v) is 6.45. The number of hydrogen-bond donors (Lipinski definition) is 2. The molecule has 0 saturated heterocycles. The van der Waals surface area contributed by atoms with E-state index in [0.29, 0.717) is 11.4 Å². The van der Waals surface area contributed by atoms with Crippen molar-refractivity contribution in [1.82, 2.24) is 0 Å². The van der Waals surface area contributed by atoms with E-state index in [-0.39, 0.29) is 16.6 Å². The second-order valence-corrected chi connectivity index (χ2v) is 4.77. The minimum Gasteiger partial charge on any atom is -0.332 e. The zero-order valence-corrected chi connectivity index (χ0v) is 11.9. The minimum absolute atomic E-state index is 0.0572. The van der Waals surface area contributed by atoms with Gasteiger partial charge in [0.1, 0.15) is 11.5 Å². The van der Waals surface area contributed by atoms with Crippen LogP contribution in [0.5, 0.6) is 0 Å². The third-order valence-corrected chi connectivity index (χ3v) is 2.90. The van der Waals surface area contributed by atoms with E-state index in [9.17, 15) is 14.5 Å². The van der Waals surface area contributed by atoms with Gasteiger partial charge < -0.3 is 10.6 Å². The summed E-state index contributed by atoms with van der Waals surface area (Å²) in [5.74, 6) is -0.353. The molecular formula is C14H12FN3O2S. The van der Waals surface area contributed by atoms with Gasteiger partial charge in [0.15, 0.2) is 5.11 Å². The number of aryl methyl sites for hydroxylation is 1. The normalized spacial score (nSPS) is 10.0. The van der Waals surface area contributed by atoms with Crippen molar-refractivity contribution in [2.24, 2.45) is 0 Å². The molecule has 0 aliphatic heterocycles. The number of hydrogen-bond acceptors (Lipinski definition) is 3. The van der Waals surface area contributed by atoms with E-state index in [0.717, 1.165) is 5.56 Å². The number of benzene rings is 2. The van der Waals surface area contributed by atoms with Gasteiger partial charge in [0.25, 0.3) is 5.69 Å². The predicted octanol–water partition coefficient (Wildman–Crippen LogP) is 3.85. The minimum atomic E-state index is -0.476. The second kappa shape index (κ2) is 6.27. The number of nitrogens with one attached hydrogen (secondary N) is 2. The van der Waals surface area contributed by atoms with E-state index in [1.807, 2.05) is 0 Å². The van der Waals surface area contributed by atoms with Gasteiger partial charge in [-0.1, -0.05) is 6.07 Å². The number of nitro groups is 1. The van der Waals surface area contributed by atoms with Gasteiger partial charge in [0.2, 0.25) is 0 Å². The number of thiocarbonyl (C=S) groups is 1. The summed E-state index contributed by atoms with van der Waals surface area (Å²) in [5, 5.41) is 16.8. The molecule has 0 saturated carbocycles. The Labute approximate surface area is 125 Å². The van der Waals surface area contributed by atoms with Crippen molar-refractivity contribution in [3.05, 3.63) is 64.0 Å². The molecule has 2 rings (SSSR count). The molecule has 0 heterocycles. The van der Waals surface area contributed by atoms with Crippen LogP contribution < -0.4 is 10.6 Å². The van der Waals surface area contributed by atoms with Gasteiger partial charge in [-0.05, 0) is 55.0 Å². The van der Waals surface area contributed by atoms with Crippen molar-refractivity contribution < 1.29 is 9.31 Å². The van der Waals surface area contributed by atoms with Gasteiger partial charge in [-0.3, -0.25) is 10.1 Å². The summed E-state index contributed by atoms with van der Waals surface area (Å²) in [6.45, 7) is 1.77. The largest absolute Gasteiger partial charge is 0.332 e. The van der Waals surface area contributed by atoms with E-state index in [1.165, 1.54) is 30.3 Å². The van der Waals surface area contributed by atoms with Crippen LogP contribution in [0.4, 0.5) is 21.5 Å². The molecule has 0 aliphatic carbocycles. The average molecular weight is 305 g/mol. The highest BCUT2D eigenvalue weighted by Crippen LogP contribution is 2.25. The first-order chi connectivity index (χ1) is 9.95. The fourth-order valence-corrected chi connectivity index (χ4v) is 1.94. The molecule has 0 spiro atoms. The third kappa shape index (κ3) is 3.96. The van der Waals surface area contributed by atoms with Crippen molar-refractivity contribution in [2.75, 3.05) is 10.6 Å². The predicted molar refractivity (Wildman–Crippen MR) is 84.1 cm³/mol. The third-order valence-electron chi connectivity index (χ3n) is 2.70. The molecule has 2 N–H and O–H groups in total. The Morgan fingerprint density at radius 1 is 1.19 bits per heavy atom. The lowest BCUT2D eigenvalue weighted by Crippen LogP contribution is -2.19. The molecule has 7 heteroatoms. The monoisotopic (exact) mass is 305 g/mol. The van der Waals surface area contributed by atoms with Crippen LogP contribution in [0.2, 0.25) is 0 Å². The number of anilines is 2. The molecule has 21 heavy (non-hydrogen) atoms. The van der Waals surface area contributed by atoms with E-state index >= 15 is 0 Å². The number of halogens is 1. The molecule has 0 aliphatic rings. The fraction of sp³-hybridized carbons (Fsp3) is 0.0714. The Bertz CT molecular complexity index is 689. The zero-order valence-electron chi connectivity index (χ0n) is 11.1. The summed E-state index contributed by atoms with van der Waals surface area (Å²) in [4.78, 5) is 10.5. The Kier molecular flexibility index (Phi) is 4.44. The Hall–Kier alpha value is -2.54. The number of nitrogens with zero attached hydrogens (tertiary/aromatic N) is 1. The molecule has 0 fully saturated rings. The fourth-order valence-electron chi connectivity index (χ4n) is 1.72. The molecule has 0 atom stereocenters. The van der Waals surface area contributed by atoms with Crippen LogP contribution in [0.25, 0.3) is 0 Å². The van der Waals surface area contributed by atoms with Crippen LogP contribution in [0, 0.1) is 22.9 Å². The van der Waals surface area contributed by atoms with Crippen LogP contribution in [0.15, 0.2) is 42.5 Å². The van der Waals surface area contributed by atoms with Crippen LogP contribution >= 0.6 is 12.2 Å². The summed E-state index contributed by atoms with van der Waals surface area (Å²) in [6.07, 6.45) is 0. The van der Waals surface area contributed by atoms with E-state index in [1.54, 1.807) is 19.1 Å². The molecule has 2 aromatic carbocycles. The smallest absolute Gasteiger partial charge is 0.292 e. The number of nitro benzene ring substituents is 1. The molecule has 108 valence electrons. The lowest BCUT2D eigenvalue weighted by molar-refractivity contribution is -0.383. The van der Waals surface area contributed by atoms with Gasteiger partial charge in [-0.2, -0.15) is 0 Å². The van der Waals surface area contributed by atoms with Crippen molar-refractivity contribution in [3.63, 3.8) is 0 Å². The second-order valence-electron chi connectivity index (χ2n) is 4.36.